The second-order valence-corrected chi connectivity index (χ2v) is 10.2. The summed E-state index contributed by atoms with van der Waals surface area (Å²) in [6.45, 7) is 2.68. The SMILES string of the molecule is Cc1ccc(Cc2nnc(-c3cccc(NS(=O)(=O)c4ccc(N5CCCC5=O)cc4)c3)o2)cc1. The van der Waals surface area contributed by atoms with Gasteiger partial charge in [-0.25, -0.2) is 8.42 Å². The Bertz CT molecular complexity index is 1460. The molecule has 1 fully saturated rings. The van der Waals surface area contributed by atoms with Crippen molar-refractivity contribution in [3.05, 3.63) is 89.8 Å². The van der Waals surface area contributed by atoms with Crippen molar-refractivity contribution in [2.24, 2.45) is 0 Å². The molecule has 0 bridgehead atoms. The second-order valence-electron chi connectivity index (χ2n) is 8.49. The van der Waals surface area contributed by atoms with Crippen LogP contribution < -0.4 is 9.62 Å². The Morgan fingerprint density at radius 3 is 2.49 bits per heavy atom. The van der Waals surface area contributed by atoms with Crippen LogP contribution in [0.5, 0.6) is 0 Å². The molecule has 1 saturated heterocycles. The third kappa shape index (κ3) is 5.09. The molecule has 5 rings (SSSR count). The smallest absolute Gasteiger partial charge is 0.261 e. The zero-order chi connectivity index (χ0) is 24.4. The highest BCUT2D eigenvalue weighted by Crippen LogP contribution is 2.26. The highest BCUT2D eigenvalue weighted by atomic mass is 32.2. The first-order valence-corrected chi connectivity index (χ1v) is 12.8. The third-order valence-electron chi connectivity index (χ3n) is 5.84. The molecular weight excluding hydrogens is 464 g/mol. The van der Waals surface area contributed by atoms with E-state index >= 15 is 0 Å². The van der Waals surface area contributed by atoms with Gasteiger partial charge in [-0.15, -0.1) is 10.2 Å². The summed E-state index contributed by atoms with van der Waals surface area (Å²) >= 11 is 0. The fourth-order valence-corrected chi connectivity index (χ4v) is 5.03. The van der Waals surface area contributed by atoms with Gasteiger partial charge in [0.15, 0.2) is 0 Å². The first-order valence-electron chi connectivity index (χ1n) is 11.3. The molecule has 0 atom stereocenters. The van der Waals surface area contributed by atoms with Crippen molar-refractivity contribution >= 4 is 27.3 Å². The van der Waals surface area contributed by atoms with Gasteiger partial charge in [-0.3, -0.25) is 9.52 Å². The number of carbonyl (C=O) groups is 1. The summed E-state index contributed by atoms with van der Waals surface area (Å²) in [7, 11) is -3.83. The number of anilines is 2. The predicted molar refractivity (Wildman–Crippen MR) is 133 cm³/mol. The molecule has 35 heavy (non-hydrogen) atoms. The van der Waals surface area contributed by atoms with Crippen molar-refractivity contribution in [2.75, 3.05) is 16.2 Å². The Kier molecular flexibility index (Phi) is 6.08. The summed E-state index contributed by atoms with van der Waals surface area (Å²) in [4.78, 5) is 13.7. The highest BCUT2D eigenvalue weighted by Gasteiger charge is 2.22. The van der Waals surface area contributed by atoms with Crippen molar-refractivity contribution < 1.29 is 17.6 Å². The topological polar surface area (TPSA) is 105 Å². The highest BCUT2D eigenvalue weighted by molar-refractivity contribution is 7.92. The molecule has 2 heterocycles. The molecule has 178 valence electrons. The van der Waals surface area contributed by atoms with E-state index in [1.165, 1.54) is 17.7 Å². The molecule has 3 aromatic carbocycles. The van der Waals surface area contributed by atoms with Gasteiger partial charge in [-0.05, 0) is 61.4 Å². The van der Waals surface area contributed by atoms with Gasteiger partial charge in [-0.1, -0.05) is 35.9 Å². The summed E-state index contributed by atoms with van der Waals surface area (Å²) in [6.07, 6.45) is 1.84. The van der Waals surface area contributed by atoms with E-state index in [1.807, 2.05) is 31.2 Å². The maximum atomic E-state index is 12.9. The molecular formula is C26H24N4O4S. The van der Waals surface area contributed by atoms with E-state index in [1.54, 1.807) is 41.3 Å². The molecule has 1 aliphatic rings. The Labute approximate surface area is 203 Å². The van der Waals surface area contributed by atoms with Crippen molar-refractivity contribution in [1.29, 1.82) is 0 Å². The lowest BCUT2D eigenvalue weighted by atomic mass is 10.1. The van der Waals surface area contributed by atoms with E-state index in [9.17, 15) is 13.2 Å². The number of sulfonamides is 1. The van der Waals surface area contributed by atoms with Crippen LogP contribution in [0.2, 0.25) is 0 Å². The van der Waals surface area contributed by atoms with Crippen molar-refractivity contribution in [3.8, 4) is 11.5 Å². The fourth-order valence-electron chi connectivity index (χ4n) is 3.98. The van der Waals surface area contributed by atoms with Crippen LogP contribution in [0.15, 0.2) is 82.1 Å². The van der Waals surface area contributed by atoms with Gasteiger partial charge < -0.3 is 9.32 Å². The standard InChI is InChI=1S/C26H24N4O4S/c1-18-7-9-19(10-8-18)16-24-27-28-26(34-24)20-4-2-5-21(17-20)29-35(32,33)23-13-11-22(12-14-23)30-15-3-6-25(30)31/h2,4-5,7-14,17,29H,3,6,15-16H2,1H3. The van der Waals surface area contributed by atoms with E-state index in [2.05, 4.69) is 14.9 Å². The normalized spacial score (nSPS) is 13.9. The average molecular weight is 489 g/mol. The molecule has 1 N–H and O–H groups in total. The van der Waals surface area contributed by atoms with Crippen molar-refractivity contribution in [1.82, 2.24) is 10.2 Å². The Morgan fingerprint density at radius 1 is 1.00 bits per heavy atom. The number of hydrogen-bond acceptors (Lipinski definition) is 6. The molecule has 9 heteroatoms. The van der Waals surface area contributed by atoms with E-state index < -0.39 is 10.0 Å². The van der Waals surface area contributed by atoms with Crippen LogP contribution in [-0.4, -0.2) is 31.1 Å². The second kappa shape index (κ2) is 9.34. The zero-order valence-corrected chi connectivity index (χ0v) is 20.0. The van der Waals surface area contributed by atoms with Gasteiger partial charge in [0.2, 0.25) is 17.7 Å². The number of rotatable bonds is 7. The molecule has 8 nitrogen and oxygen atoms in total. The molecule has 0 aliphatic carbocycles. The van der Waals surface area contributed by atoms with Crippen LogP contribution >= 0.6 is 0 Å². The van der Waals surface area contributed by atoms with Crippen LogP contribution in [0.3, 0.4) is 0 Å². The Hall–Kier alpha value is -3.98. The first kappa shape index (κ1) is 22.8. The summed E-state index contributed by atoms with van der Waals surface area (Å²) in [6, 6.07) is 21.2. The Balaban J connectivity index is 1.30. The number of nitrogens with one attached hydrogen (secondary N) is 1. The van der Waals surface area contributed by atoms with Crippen molar-refractivity contribution in [3.63, 3.8) is 0 Å². The number of aryl methyl sites for hydroxylation is 1. The van der Waals surface area contributed by atoms with Gasteiger partial charge in [0.1, 0.15) is 0 Å². The quantitative estimate of drug-likeness (QED) is 0.409. The number of nitrogens with zero attached hydrogens (tertiary/aromatic N) is 3. The fraction of sp³-hybridized carbons (Fsp3) is 0.192. The maximum absolute atomic E-state index is 12.9. The molecule has 0 saturated carbocycles. The summed E-state index contributed by atoms with van der Waals surface area (Å²) in [5.41, 5.74) is 3.92. The van der Waals surface area contributed by atoms with Gasteiger partial charge in [0, 0.05) is 29.9 Å². The summed E-state index contributed by atoms with van der Waals surface area (Å²) in [5.74, 6) is 0.845. The first-order chi connectivity index (χ1) is 16.9. The van der Waals surface area contributed by atoms with Gasteiger partial charge in [0.25, 0.3) is 10.0 Å². The average Bonchev–Trinajstić information content (AvgIpc) is 3.50. The molecule has 0 unspecified atom stereocenters. The van der Waals surface area contributed by atoms with Crippen LogP contribution in [0.1, 0.15) is 29.9 Å². The zero-order valence-electron chi connectivity index (χ0n) is 19.1. The van der Waals surface area contributed by atoms with E-state index in [0.717, 1.165) is 12.0 Å². The molecule has 0 radical (unpaired) electrons. The maximum Gasteiger partial charge on any atom is 0.261 e. The monoisotopic (exact) mass is 488 g/mol. The summed E-state index contributed by atoms with van der Waals surface area (Å²) < 4.78 is 34.3. The largest absolute Gasteiger partial charge is 0.420 e. The van der Waals surface area contributed by atoms with Crippen LogP contribution in [0, 0.1) is 6.92 Å². The number of hydrogen-bond donors (Lipinski definition) is 1. The summed E-state index contributed by atoms with van der Waals surface area (Å²) in [5, 5.41) is 8.25. The lowest BCUT2D eigenvalue weighted by Gasteiger charge is -2.16. The minimum atomic E-state index is -3.83. The number of benzene rings is 3. The van der Waals surface area contributed by atoms with Crippen molar-refractivity contribution in [2.45, 2.75) is 31.1 Å². The molecule has 0 spiro atoms. The number of aromatic nitrogens is 2. The predicted octanol–water partition coefficient (Wildman–Crippen LogP) is 4.56. The van der Waals surface area contributed by atoms with E-state index in [4.69, 9.17) is 4.42 Å². The van der Waals surface area contributed by atoms with E-state index in [0.29, 0.717) is 48.1 Å². The number of amides is 1. The van der Waals surface area contributed by atoms with Crippen LogP contribution in [-0.2, 0) is 21.2 Å². The van der Waals surface area contributed by atoms with Gasteiger partial charge in [-0.2, -0.15) is 0 Å². The Morgan fingerprint density at radius 2 is 1.77 bits per heavy atom. The minimum Gasteiger partial charge on any atom is -0.420 e. The third-order valence-corrected chi connectivity index (χ3v) is 7.23. The van der Waals surface area contributed by atoms with Gasteiger partial charge in [0.05, 0.1) is 11.3 Å². The van der Waals surface area contributed by atoms with Crippen LogP contribution in [0.25, 0.3) is 11.5 Å². The molecule has 1 amide bonds. The van der Waals surface area contributed by atoms with Gasteiger partial charge >= 0.3 is 0 Å². The van der Waals surface area contributed by atoms with E-state index in [-0.39, 0.29) is 10.8 Å². The molecule has 1 aromatic heterocycles. The van der Waals surface area contributed by atoms with Crippen LogP contribution in [0.4, 0.5) is 11.4 Å². The molecule has 4 aromatic rings. The lowest BCUT2D eigenvalue weighted by molar-refractivity contribution is -0.117. The minimum absolute atomic E-state index is 0.0543. The lowest BCUT2D eigenvalue weighted by Crippen LogP contribution is -2.23. The number of carbonyl (C=O) groups excluding carboxylic acids is 1. The molecule has 1 aliphatic heterocycles.